The van der Waals surface area contributed by atoms with Crippen molar-refractivity contribution < 1.29 is 14.3 Å². The molecule has 1 heterocycles. The summed E-state index contributed by atoms with van der Waals surface area (Å²) < 4.78 is 6.12. The van der Waals surface area contributed by atoms with Crippen molar-refractivity contribution in [3.8, 4) is 0 Å². The van der Waals surface area contributed by atoms with Crippen molar-refractivity contribution in [2.75, 3.05) is 30.1 Å². The molecule has 23 heavy (non-hydrogen) atoms. The fourth-order valence-electron chi connectivity index (χ4n) is 1.48. The third-order valence-electron chi connectivity index (χ3n) is 2.40. The van der Waals surface area contributed by atoms with Gasteiger partial charge in [-0.3, -0.25) is 14.9 Å². The van der Waals surface area contributed by atoms with E-state index in [1.807, 2.05) is 18.2 Å². The Bertz CT molecular complexity index is 695. The SMILES string of the molecule is COCC(=O)Nc1nnc(SCC(=O)Nc2ccccc2Br)s1. The number of methoxy groups -OCH3 is 1. The number of nitrogens with zero attached hydrogens (tertiary/aromatic N) is 2. The van der Waals surface area contributed by atoms with Gasteiger partial charge in [-0.15, -0.1) is 10.2 Å². The zero-order valence-corrected chi connectivity index (χ0v) is 15.3. The van der Waals surface area contributed by atoms with E-state index in [0.29, 0.717) is 15.2 Å². The molecule has 0 aliphatic heterocycles. The van der Waals surface area contributed by atoms with Crippen LogP contribution in [0.1, 0.15) is 0 Å². The van der Waals surface area contributed by atoms with Crippen LogP contribution in [0.5, 0.6) is 0 Å². The van der Waals surface area contributed by atoms with E-state index >= 15 is 0 Å². The van der Waals surface area contributed by atoms with Crippen LogP contribution in [0.3, 0.4) is 0 Å². The Balaban J connectivity index is 1.82. The molecule has 0 unspecified atom stereocenters. The van der Waals surface area contributed by atoms with Crippen molar-refractivity contribution in [1.82, 2.24) is 10.2 Å². The van der Waals surface area contributed by atoms with Gasteiger partial charge < -0.3 is 10.1 Å². The number of amides is 2. The van der Waals surface area contributed by atoms with E-state index in [9.17, 15) is 9.59 Å². The number of aromatic nitrogens is 2. The van der Waals surface area contributed by atoms with Crippen LogP contribution in [0.4, 0.5) is 10.8 Å². The summed E-state index contributed by atoms with van der Waals surface area (Å²) in [5.74, 6) is -0.254. The predicted molar refractivity (Wildman–Crippen MR) is 93.9 cm³/mol. The van der Waals surface area contributed by atoms with Crippen LogP contribution in [0.25, 0.3) is 0 Å². The minimum absolute atomic E-state index is 0.0452. The van der Waals surface area contributed by atoms with Crippen LogP contribution < -0.4 is 10.6 Å². The molecule has 0 saturated carbocycles. The van der Waals surface area contributed by atoms with Crippen LogP contribution in [0, 0.1) is 0 Å². The Kier molecular flexibility index (Phi) is 6.96. The summed E-state index contributed by atoms with van der Waals surface area (Å²) in [6.45, 7) is -0.0452. The zero-order valence-electron chi connectivity index (χ0n) is 12.0. The Morgan fingerprint density at radius 2 is 2.04 bits per heavy atom. The minimum Gasteiger partial charge on any atom is -0.375 e. The Morgan fingerprint density at radius 1 is 1.26 bits per heavy atom. The van der Waals surface area contributed by atoms with Gasteiger partial charge in [0.05, 0.1) is 11.4 Å². The first-order chi connectivity index (χ1) is 11.1. The predicted octanol–water partition coefficient (Wildman–Crippen LogP) is 2.62. The zero-order chi connectivity index (χ0) is 16.7. The van der Waals surface area contributed by atoms with Gasteiger partial charge in [0.2, 0.25) is 11.0 Å². The van der Waals surface area contributed by atoms with Crippen molar-refractivity contribution in [1.29, 1.82) is 0 Å². The van der Waals surface area contributed by atoms with E-state index in [0.717, 1.165) is 4.47 Å². The molecular formula is C13H13BrN4O3S2. The number of thioether (sulfide) groups is 1. The van der Waals surface area contributed by atoms with E-state index in [2.05, 4.69) is 36.8 Å². The molecule has 10 heteroatoms. The number of ether oxygens (including phenoxy) is 1. The molecule has 2 aromatic rings. The maximum atomic E-state index is 11.9. The molecule has 0 saturated heterocycles. The standard InChI is InChI=1S/C13H13BrN4O3S2/c1-21-6-10(19)16-12-17-18-13(23-12)22-7-11(20)15-9-5-3-2-4-8(9)14/h2-5H,6-7H2,1H3,(H,15,20)(H,16,17,19). The van der Waals surface area contributed by atoms with Gasteiger partial charge in [-0.2, -0.15) is 0 Å². The van der Waals surface area contributed by atoms with E-state index in [4.69, 9.17) is 4.74 Å². The molecule has 0 spiro atoms. The van der Waals surface area contributed by atoms with Crippen LogP contribution in [0.2, 0.25) is 0 Å². The topological polar surface area (TPSA) is 93.2 Å². The highest BCUT2D eigenvalue weighted by molar-refractivity contribution is 9.10. The molecule has 0 atom stereocenters. The molecule has 2 amide bonds. The normalized spacial score (nSPS) is 10.3. The van der Waals surface area contributed by atoms with Gasteiger partial charge in [-0.25, -0.2) is 0 Å². The molecule has 7 nitrogen and oxygen atoms in total. The van der Waals surface area contributed by atoms with Gasteiger partial charge in [-0.05, 0) is 28.1 Å². The van der Waals surface area contributed by atoms with Gasteiger partial charge in [0.15, 0.2) is 4.34 Å². The lowest BCUT2D eigenvalue weighted by atomic mass is 10.3. The van der Waals surface area contributed by atoms with Gasteiger partial charge in [-0.1, -0.05) is 35.2 Å². The number of para-hydroxylation sites is 1. The lowest BCUT2D eigenvalue weighted by Crippen LogP contribution is -2.16. The first kappa shape index (κ1) is 17.9. The molecule has 2 rings (SSSR count). The second-order valence-corrected chi connectivity index (χ2v) is 7.23. The molecule has 1 aromatic heterocycles. The summed E-state index contributed by atoms with van der Waals surface area (Å²) in [5, 5.41) is 13.5. The van der Waals surface area contributed by atoms with Gasteiger partial charge >= 0.3 is 0 Å². The fourth-order valence-corrected chi connectivity index (χ4v) is 3.43. The van der Waals surface area contributed by atoms with Crippen LogP contribution in [-0.2, 0) is 14.3 Å². The van der Waals surface area contributed by atoms with Gasteiger partial charge in [0, 0.05) is 11.6 Å². The van der Waals surface area contributed by atoms with Crippen molar-refractivity contribution in [3.05, 3.63) is 28.7 Å². The summed E-state index contributed by atoms with van der Waals surface area (Å²) in [4.78, 5) is 23.3. The Morgan fingerprint density at radius 3 is 2.78 bits per heavy atom. The van der Waals surface area contributed by atoms with Crippen molar-refractivity contribution in [2.24, 2.45) is 0 Å². The lowest BCUT2D eigenvalue weighted by Gasteiger charge is -2.05. The Hall–Kier alpha value is -1.49. The second kappa shape index (κ2) is 8.96. The minimum atomic E-state index is -0.299. The monoisotopic (exact) mass is 416 g/mol. The lowest BCUT2D eigenvalue weighted by molar-refractivity contribution is -0.119. The average molecular weight is 417 g/mol. The number of halogens is 1. The van der Waals surface area contributed by atoms with Crippen LogP contribution >= 0.6 is 39.0 Å². The molecule has 1 aromatic carbocycles. The third-order valence-corrected chi connectivity index (χ3v) is 5.07. The van der Waals surface area contributed by atoms with Gasteiger partial charge in [0.1, 0.15) is 6.61 Å². The number of carbonyl (C=O) groups is 2. The number of benzene rings is 1. The van der Waals surface area contributed by atoms with E-state index in [-0.39, 0.29) is 24.2 Å². The molecule has 0 fully saturated rings. The molecule has 0 radical (unpaired) electrons. The molecule has 0 bridgehead atoms. The smallest absolute Gasteiger partial charge is 0.252 e. The molecule has 122 valence electrons. The summed E-state index contributed by atoms with van der Waals surface area (Å²) >= 11 is 5.82. The highest BCUT2D eigenvalue weighted by Gasteiger charge is 2.11. The molecule has 0 aliphatic rings. The van der Waals surface area contributed by atoms with Crippen molar-refractivity contribution in [2.45, 2.75) is 4.34 Å². The van der Waals surface area contributed by atoms with E-state index in [1.54, 1.807) is 6.07 Å². The van der Waals surface area contributed by atoms with Crippen molar-refractivity contribution >= 4 is 61.7 Å². The summed E-state index contributed by atoms with van der Waals surface area (Å²) in [6, 6.07) is 7.37. The summed E-state index contributed by atoms with van der Waals surface area (Å²) in [7, 11) is 1.44. The second-order valence-electron chi connectivity index (χ2n) is 4.17. The highest BCUT2D eigenvalue weighted by atomic mass is 79.9. The third kappa shape index (κ3) is 5.90. The quantitative estimate of drug-likeness (QED) is 0.532. The first-order valence-corrected chi connectivity index (χ1v) is 8.97. The number of anilines is 2. The molecule has 0 aliphatic carbocycles. The van der Waals surface area contributed by atoms with E-state index in [1.165, 1.54) is 30.2 Å². The Labute approximate surface area is 149 Å². The number of nitrogens with one attached hydrogen (secondary N) is 2. The number of hydrogen-bond donors (Lipinski definition) is 2. The number of hydrogen-bond acceptors (Lipinski definition) is 7. The van der Waals surface area contributed by atoms with Crippen LogP contribution in [-0.4, -0.2) is 41.5 Å². The largest absolute Gasteiger partial charge is 0.375 e. The van der Waals surface area contributed by atoms with Crippen molar-refractivity contribution in [3.63, 3.8) is 0 Å². The summed E-state index contributed by atoms with van der Waals surface area (Å²) in [6.07, 6.45) is 0. The maximum Gasteiger partial charge on any atom is 0.252 e. The first-order valence-electron chi connectivity index (χ1n) is 6.38. The fraction of sp³-hybridized carbons (Fsp3) is 0.231. The summed E-state index contributed by atoms with van der Waals surface area (Å²) in [5.41, 5.74) is 0.711. The van der Waals surface area contributed by atoms with Gasteiger partial charge in [0.25, 0.3) is 5.91 Å². The van der Waals surface area contributed by atoms with Crippen LogP contribution in [0.15, 0.2) is 33.1 Å². The molecular weight excluding hydrogens is 404 g/mol. The number of carbonyl (C=O) groups excluding carboxylic acids is 2. The average Bonchev–Trinajstić information content (AvgIpc) is 2.95. The number of rotatable bonds is 7. The van der Waals surface area contributed by atoms with E-state index < -0.39 is 0 Å². The highest BCUT2D eigenvalue weighted by Crippen LogP contribution is 2.26. The maximum absolute atomic E-state index is 11.9. The molecule has 2 N–H and O–H groups in total.